The number of alkyl carbamates (subject to hydrolysis) is 1. The summed E-state index contributed by atoms with van der Waals surface area (Å²) in [6.07, 6.45) is 4.33. The summed E-state index contributed by atoms with van der Waals surface area (Å²) in [6, 6.07) is 0. The molecular formula is C28H45N9O5. The minimum atomic E-state index is -1.00. The molecule has 0 spiro atoms. The van der Waals surface area contributed by atoms with Gasteiger partial charge in [0.1, 0.15) is 5.60 Å². The number of hydrogen-bond donors (Lipinski definition) is 2. The number of guanidine groups is 1. The zero-order valence-electron chi connectivity index (χ0n) is 25.3. The van der Waals surface area contributed by atoms with Crippen molar-refractivity contribution < 1.29 is 24.2 Å². The molecule has 14 heteroatoms. The molecule has 1 aromatic rings. The van der Waals surface area contributed by atoms with E-state index < -0.39 is 17.7 Å². The second-order valence-corrected chi connectivity index (χ2v) is 11.2. The van der Waals surface area contributed by atoms with Crippen LogP contribution in [0.4, 0.5) is 10.7 Å². The lowest BCUT2D eigenvalue weighted by molar-refractivity contribution is -0.132. The normalized spacial score (nSPS) is 17.7. The average molecular weight is 588 g/mol. The van der Waals surface area contributed by atoms with Gasteiger partial charge in [-0.25, -0.2) is 29.5 Å². The van der Waals surface area contributed by atoms with Crippen LogP contribution >= 0.6 is 0 Å². The van der Waals surface area contributed by atoms with Crippen LogP contribution in [0.25, 0.3) is 0 Å². The van der Waals surface area contributed by atoms with Gasteiger partial charge in [-0.15, -0.1) is 0 Å². The van der Waals surface area contributed by atoms with Crippen molar-refractivity contribution in [1.82, 2.24) is 30.0 Å². The molecule has 2 aliphatic heterocycles. The van der Waals surface area contributed by atoms with E-state index in [0.717, 1.165) is 71.0 Å². The number of aliphatic imine (C=N–C) groups is 2. The molecule has 2 N–H and O–H groups in total. The molecule has 0 bridgehead atoms. The Balaban J connectivity index is 1.26. The predicted molar refractivity (Wildman–Crippen MR) is 161 cm³/mol. The van der Waals surface area contributed by atoms with Gasteiger partial charge in [0, 0.05) is 96.1 Å². The smallest absolute Gasteiger partial charge is 0.407 e. The minimum absolute atomic E-state index is 0.153. The first-order valence-electron chi connectivity index (χ1n) is 14.3. The number of carboxylic acids is 1. The van der Waals surface area contributed by atoms with Crippen molar-refractivity contribution in [1.29, 1.82) is 0 Å². The van der Waals surface area contributed by atoms with Crippen LogP contribution < -0.4 is 10.2 Å². The standard InChI is InChI=1S/C28H45N9O5/c1-22(24(38)39)18-30-25(29-5)36-10-6-34(7-11-36)14-16-41-17-15-35-8-12-37(13-9-35)26-31-19-23(20-32-26)21-33-27(40)42-28(2,3)4/h18-20H,5-17,21H2,1-4H3,(H,33,40)(H,38,39)/b22-18+,30-25+. The van der Waals surface area contributed by atoms with Crippen LogP contribution in [-0.2, 0) is 20.8 Å². The van der Waals surface area contributed by atoms with Gasteiger partial charge in [0.15, 0.2) is 0 Å². The molecule has 1 aromatic heterocycles. The number of aromatic nitrogens is 2. The summed E-state index contributed by atoms with van der Waals surface area (Å²) in [5.41, 5.74) is 0.432. The van der Waals surface area contributed by atoms with Crippen LogP contribution in [0.2, 0.25) is 0 Å². The zero-order valence-corrected chi connectivity index (χ0v) is 25.3. The lowest BCUT2D eigenvalue weighted by Gasteiger charge is -2.35. The summed E-state index contributed by atoms with van der Waals surface area (Å²) in [4.78, 5) is 48.8. The number of nitrogens with one attached hydrogen (secondary N) is 1. The first-order chi connectivity index (χ1) is 20.0. The average Bonchev–Trinajstić information content (AvgIpc) is 2.96. The van der Waals surface area contributed by atoms with Crippen molar-refractivity contribution in [3.63, 3.8) is 0 Å². The highest BCUT2D eigenvalue weighted by Gasteiger charge is 2.21. The third kappa shape index (κ3) is 11.3. The van der Waals surface area contributed by atoms with Crippen LogP contribution in [0.15, 0.2) is 34.2 Å². The minimum Gasteiger partial charge on any atom is -0.478 e. The van der Waals surface area contributed by atoms with Gasteiger partial charge in [-0.05, 0) is 34.4 Å². The predicted octanol–water partition coefficient (Wildman–Crippen LogP) is 1.30. The Hall–Kier alpha value is -3.62. The molecule has 0 saturated carbocycles. The fraction of sp³-hybridized carbons (Fsp3) is 0.643. The number of ether oxygens (including phenoxy) is 2. The number of carbonyl (C=O) groups is 2. The molecule has 2 aliphatic rings. The summed E-state index contributed by atoms with van der Waals surface area (Å²) in [7, 11) is 0. The van der Waals surface area contributed by atoms with E-state index in [1.807, 2.05) is 25.7 Å². The summed E-state index contributed by atoms with van der Waals surface area (Å²) < 4.78 is 11.2. The van der Waals surface area contributed by atoms with Gasteiger partial charge >= 0.3 is 12.1 Å². The van der Waals surface area contributed by atoms with Crippen LogP contribution in [0.3, 0.4) is 0 Å². The van der Waals surface area contributed by atoms with Gasteiger partial charge in [-0.1, -0.05) is 0 Å². The van der Waals surface area contributed by atoms with Gasteiger partial charge < -0.3 is 29.7 Å². The monoisotopic (exact) mass is 587 g/mol. The summed E-state index contributed by atoms with van der Waals surface area (Å²) >= 11 is 0. The lowest BCUT2D eigenvalue weighted by Crippen LogP contribution is -2.49. The van der Waals surface area contributed by atoms with Crippen LogP contribution in [0.5, 0.6) is 0 Å². The second-order valence-electron chi connectivity index (χ2n) is 11.2. The van der Waals surface area contributed by atoms with E-state index in [2.05, 4.69) is 46.7 Å². The van der Waals surface area contributed by atoms with Crippen LogP contribution in [-0.4, -0.2) is 139 Å². The first kappa shape index (κ1) is 32.9. The third-order valence-corrected chi connectivity index (χ3v) is 6.79. The highest BCUT2D eigenvalue weighted by atomic mass is 16.6. The quantitative estimate of drug-likeness (QED) is 0.167. The maximum atomic E-state index is 11.8. The fourth-order valence-electron chi connectivity index (χ4n) is 4.36. The maximum absolute atomic E-state index is 11.8. The Bertz CT molecular complexity index is 1090. The summed E-state index contributed by atoms with van der Waals surface area (Å²) in [5, 5.41) is 11.7. The van der Waals surface area contributed by atoms with Gasteiger partial charge in [0.25, 0.3) is 0 Å². The molecule has 2 saturated heterocycles. The van der Waals surface area contributed by atoms with E-state index in [1.54, 1.807) is 12.4 Å². The largest absolute Gasteiger partial charge is 0.478 e. The first-order valence-corrected chi connectivity index (χ1v) is 14.3. The highest BCUT2D eigenvalue weighted by molar-refractivity contribution is 5.88. The molecule has 0 aromatic carbocycles. The van der Waals surface area contributed by atoms with Gasteiger partial charge in [-0.2, -0.15) is 0 Å². The van der Waals surface area contributed by atoms with Crippen molar-refractivity contribution >= 4 is 30.7 Å². The van der Waals surface area contributed by atoms with Crippen molar-refractivity contribution in [3.05, 3.63) is 29.7 Å². The van der Waals surface area contributed by atoms with E-state index in [-0.39, 0.29) is 5.57 Å². The number of amides is 1. The SMILES string of the molecule is C=N/C(=N\C=C(/C)C(=O)O)N1CCN(CCOCCN2CCN(c3ncc(CNC(=O)OC(C)(C)C)cn3)CC2)CC1. The van der Waals surface area contributed by atoms with Gasteiger partial charge in [0.05, 0.1) is 18.8 Å². The second kappa shape index (κ2) is 16.1. The molecule has 3 heterocycles. The van der Waals surface area contributed by atoms with Crippen molar-refractivity contribution in [3.8, 4) is 0 Å². The van der Waals surface area contributed by atoms with E-state index in [9.17, 15) is 9.59 Å². The van der Waals surface area contributed by atoms with Crippen molar-refractivity contribution in [2.24, 2.45) is 9.98 Å². The van der Waals surface area contributed by atoms with Crippen molar-refractivity contribution in [2.75, 3.05) is 83.6 Å². The number of carbonyl (C=O) groups excluding carboxylic acids is 1. The fourth-order valence-corrected chi connectivity index (χ4v) is 4.36. The molecule has 0 atom stereocenters. The molecule has 1 amide bonds. The zero-order chi connectivity index (χ0) is 30.5. The Kier molecular flexibility index (Phi) is 12.6. The van der Waals surface area contributed by atoms with Crippen LogP contribution in [0.1, 0.15) is 33.3 Å². The maximum Gasteiger partial charge on any atom is 0.407 e. The third-order valence-electron chi connectivity index (χ3n) is 6.79. The number of carboxylic acid groups (broad SMARTS) is 1. The highest BCUT2D eigenvalue weighted by Crippen LogP contribution is 2.12. The Labute approximate surface area is 248 Å². The van der Waals surface area contributed by atoms with E-state index in [4.69, 9.17) is 14.6 Å². The Morgan fingerprint density at radius 1 is 1.02 bits per heavy atom. The molecule has 2 fully saturated rings. The summed E-state index contributed by atoms with van der Waals surface area (Å²) in [6.45, 7) is 20.7. The molecule has 232 valence electrons. The number of rotatable bonds is 11. The molecule has 0 unspecified atom stereocenters. The number of nitrogens with zero attached hydrogens (tertiary/aromatic N) is 8. The molecule has 14 nitrogen and oxygen atoms in total. The van der Waals surface area contributed by atoms with Gasteiger partial charge in [-0.3, -0.25) is 9.80 Å². The number of anilines is 1. The number of hydrogen-bond acceptors (Lipinski definition) is 10. The molecule has 3 rings (SSSR count). The van der Waals surface area contributed by atoms with E-state index in [0.29, 0.717) is 31.7 Å². The van der Waals surface area contributed by atoms with E-state index >= 15 is 0 Å². The summed E-state index contributed by atoms with van der Waals surface area (Å²) in [5.74, 6) is 0.141. The molecule has 0 radical (unpaired) electrons. The van der Waals surface area contributed by atoms with Crippen molar-refractivity contribution in [2.45, 2.75) is 39.8 Å². The molecule has 0 aliphatic carbocycles. The lowest BCUT2D eigenvalue weighted by atomic mass is 10.2. The topological polar surface area (TPSA) is 148 Å². The van der Waals surface area contributed by atoms with Gasteiger partial charge in [0.2, 0.25) is 11.9 Å². The number of piperazine rings is 2. The molecule has 42 heavy (non-hydrogen) atoms. The number of aliphatic carboxylic acids is 1. The van der Waals surface area contributed by atoms with E-state index in [1.165, 1.54) is 13.1 Å². The van der Waals surface area contributed by atoms with Crippen LogP contribution in [0, 0.1) is 0 Å². The molecular weight excluding hydrogens is 542 g/mol. The Morgan fingerprint density at radius 2 is 1.60 bits per heavy atom. The Morgan fingerprint density at radius 3 is 2.12 bits per heavy atom.